The van der Waals surface area contributed by atoms with E-state index in [4.69, 9.17) is 4.74 Å². The Bertz CT molecular complexity index is 429. The second-order valence-corrected chi connectivity index (χ2v) is 4.99. The van der Waals surface area contributed by atoms with Gasteiger partial charge < -0.3 is 4.74 Å². The number of hydrogen-bond donors (Lipinski definition) is 0. The molecule has 0 radical (unpaired) electrons. The van der Waals surface area contributed by atoms with Gasteiger partial charge in [0.1, 0.15) is 0 Å². The number of esters is 1. The van der Waals surface area contributed by atoms with Crippen molar-refractivity contribution < 1.29 is 9.53 Å². The Hall–Kier alpha value is -1.75. The maximum absolute atomic E-state index is 11.0. The molecule has 1 aromatic carbocycles. The molecule has 2 nitrogen and oxygen atoms in total. The van der Waals surface area contributed by atoms with E-state index in [1.807, 2.05) is 51.1 Å². The summed E-state index contributed by atoms with van der Waals surface area (Å²) in [5.41, 5.74) is 0.738. The molecule has 0 saturated heterocycles. The summed E-state index contributed by atoms with van der Waals surface area (Å²) in [5, 5.41) is 0. The maximum atomic E-state index is 11.0. The van der Waals surface area contributed by atoms with Gasteiger partial charge in [-0.3, -0.25) is 4.79 Å². The van der Waals surface area contributed by atoms with Gasteiger partial charge in [-0.05, 0) is 12.1 Å². The molecule has 0 fully saturated rings. The normalized spacial score (nSPS) is 12.2. The molecule has 0 aliphatic carbocycles. The highest BCUT2D eigenvalue weighted by Gasteiger charge is 2.25. The highest BCUT2D eigenvalue weighted by molar-refractivity contribution is 5.66. The number of hydrogen-bond acceptors (Lipinski definition) is 2. The lowest BCUT2D eigenvalue weighted by Crippen LogP contribution is -2.29. The average molecular weight is 230 g/mol. The lowest BCUT2D eigenvalue weighted by Gasteiger charge is -2.25. The quantitative estimate of drug-likeness (QED) is 0.547. The van der Waals surface area contributed by atoms with Crippen molar-refractivity contribution in [2.75, 3.05) is 0 Å². The summed E-state index contributed by atoms with van der Waals surface area (Å²) in [5.74, 6) is 5.74. The molecule has 1 atom stereocenters. The first-order chi connectivity index (χ1) is 7.89. The SMILES string of the molecule is CC(=O)OC(C#Cc1ccccc1)C(C)(C)C. The minimum absolute atomic E-state index is 0.187. The lowest BCUT2D eigenvalue weighted by molar-refractivity contribution is -0.147. The van der Waals surface area contributed by atoms with E-state index in [-0.39, 0.29) is 17.5 Å². The van der Waals surface area contributed by atoms with E-state index in [0.29, 0.717) is 0 Å². The number of carbonyl (C=O) groups is 1. The van der Waals surface area contributed by atoms with E-state index in [1.165, 1.54) is 6.92 Å². The summed E-state index contributed by atoms with van der Waals surface area (Å²) >= 11 is 0. The molecule has 1 rings (SSSR count). The van der Waals surface area contributed by atoms with Gasteiger partial charge in [-0.1, -0.05) is 50.8 Å². The fraction of sp³-hybridized carbons (Fsp3) is 0.400. The molecule has 0 amide bonds. The molecule has 0 aromatic heterocycles. The zero-order valence-corrected chi connectivity index (χ0v) is 10.8. The summed E-state index contributed by atoms with van der Waals surface area (Å²) in [7, 11) is 0. The molecule has 90 valence electrons. The number of rotatable bonds is 1. The van der Waals surface area contributed by atoms with Crippen LogP contribution in [-0.4, -0.2) is 12.1 Å². The summed E-state index contributed by atoms with van der Waals surface area (Å²) < 4.78 is 5.22. The summed E-state index contributed by atoms with van der Waals surface area (Å²) in [6, 6.07) is 9.67. The highest BCUT2D eigenvalue weighted by atomic mass is 16.5. The molecular weight excluding hydrogens is 212 g/mol. The average Bonchev–Trinajstić information content (AvgIpc) is 2.23. The first-order valence-electron chi connectivity index (χ1n) is 5.63. The molecule has 1 aromatic rings. The molecular formula is C15H18O2. The Labute approximate surface area is 103 Å². The van der Waals surface area contributed by atoms with E-state index in [2.05, 4.69) is 11.8 Å². The second kappa shape index (κ2) is 5.54. The van der Waals surface area contributed by atoms with E-state index in [1.54, 1.807) is 0 Å². The van der Waals surface area contributed by atoms with Crippen LogP contribution in [0.25, 0.3) is 0 Å². The van der Waals surface area contributed by atoms with Gasteiger partial charge in [0.15, 0.2) is 6.10 Å². The first-order valence-corrected chi connectivity index (χ1v) is 5.63. The summed E-state index contributed by atoms with van der Waals surface area (Å²) in [6.45, 7) is 7.41. The predicted molar refractivity (Wildman–Crippen MR) is 68.3 cm³/mol. The largest absolute Gasteiger partial charge is 0.449 e. The third-order valence-corrected chi connectivity index (χ3v) is 2.19. The van der Waals surface area contributed by atoms with Crippen molar-refractivity contribution in [3.8, 4) is 11.8 Å². The molecule has 0 N–H and O–H groups in total. The number of ether oxygens (including phenoxy) is 1. The van der Waals surface area contributed by atoms with Crippen LogP contribution in [0, 0.1) is 17.3 Å². The summed E-state index contributed by atoms with van der Waals surface area (Å²) in [6.07, 6.45) is -0.389. The highest BCUT2D eigenvalue weighted by Crippen LogP contribution is 2.21. The van der Waals surface area contributed by atoms with Crippen LogP contribution in [-0.2, 0) is 9.53 Å². The van der Waals surface area contributed by atoms with E-state index < -0.39 is 0 Å². The zero-order chi connectivity index (χ0) is 12.9. The van der Waals surface area contributed by atoms with Gasteiger partial charge in [-0.2, -0.15) is 0 Å². The number of carbonyl (C=O) groups excluding carboxylic acids is 1. The molecule has 0 aliphatic rings. The standard InChI is InChI=1S/C15H18O2/c1-12(16)17-14(15(2,3)4)11-10-13-8-6-5-7-9-13/h5-9,14H,1-4H3. The molecule has 0 spiro atoms. The second-order valence-electron chi connectivity index (χ2n) is 4.99. The van der Waals surface area contributed by atoms with Crippen molar-refractivity contribution in [1.29, 1.82) is 0 Å². The lowest BCUT2D eigenvalue weighted by atomic mass is 9.89. The predicted octanol–water partition coefficient (Wildman–Crippen LogP) is 3.02. The van der Waals surface area contributed by atoms with Crippen molar-refractivity contribution in [1.82, 2.24) is 0 Å². The molecule has 0 aliphatic heterocycles. The molecule has 0 saturated carbocycles. The van der Waals surface area contributed by atoms with Crippen molar-refractivity contribution in [2.24, 2.45) is 5.41 Å². The van der Waals surface area contributed by atoms with Crippen molar-refractivity contribution in [3.63, 3.8) is 0 Å². The number of benzene rings is 1. The Kier molecular flexibility index (Phi) is 4.34. The van der Waals surface area contributed by atoms with Crippen molar-refractivity contribution in [3.05, 3.63) is 35.9 Å². The minimum atomic E-state index is -0.389. The van der Waals surface area contributed by atoms with Crippen LogP contribution < -0.4 is 0 Å². The Morgan fingerprint density at radius 1 is 1.24 bits per heavy atom. The zero-order valence-electron chi connectivity index (χ0n) is 10.8. The topological polar surface area (TPSA) is 26.3 Å². The van der Waals surface area contributed by atoms with Gasteiger partial charge >= 0.3 is 5.97 Å². The van der Waals surface area contributed by atoms with Crippen LogP contribution in [0.1, 0.15) is 33.3 Å². The maximum Gasteiger partial charge on any atom is 0.303 e. The van der Waals surface area contributed by atoms with Crippen LogP contribution >= 0.6 is 0 Å². The Balaban J connectivity index is 2.88. The molecule has 2 heteroatoms. The summed E-state index contributed by atoms with van der Waals surface area (Å²) in [4.78, 5) is 11.0. The monoisotopic (exact) mass is 230 g/mol. The van der Waals surface area contributed by atoms with Crippen LogP contribution in [0.2, 0.25) is 0 Å². The van der Waals surface area contributed by atoms with Crippen molar-refractivity contribution >= 4 is 5.97 Å². The van der Waals surface area contributed by atoms with Gasteiger partial charge in [-0.15, -0.1) is 0 Å². The first kappa shape index (κ1) is 13.3. The van der Waals surface area contributed by atoms with Gasteiger partial charge in [0, 0.05) is 17.9 Å². The molecule has 0 bridgehead atoms. The van der Waals surface area contributed by atoms with Crippen molar-refractivity contribution in [2.45, 2.75) is 33.8 Å². The Morgan fingerprint density at radius 2 is 1.82 bits per heavy atom. The van der Waals surface area contributed by atoms with Gasteiger partial charge in [-0.25, -0.2) is 0 Å². The Morgan fingerprint density at radius 3 is 2.29 bits per heavy atom. The van der Waals surface area contributed by atoms with Gasteiger partial charge in [0.2, 0.25) is 0 Å². The third-order valence-electron chi connectivity index (χ3n) is 2.19. The van der Waals surface area contributed by atoms with E-state index >= 15 is 0 Å². The smallest absolute Gasteiger partial charge is 0.303 e. The fourth-order valence-corrected chi connectivity index (χ4v) is 1.26. The fourth-order valence-electron chi connectivity index (χ4n) is 1.26. The van der Waals surface area contributed by atoms with Gasteiger partial charge in [0.05, 0.1) is 0 Å². The minimum Gasteiger partial charge on any atom is -0.449 e. The molecule has 0 heterocycles. The van der Waals surface area contributed by atoms with Crippen LogP contribution in [0.5, 0.6) is 0 Å². The third kappa shape index (κ3) is 4.74. The van der Waals surface area contributed by atoms with Crippen LogP contribution in [0.4, 0.5) is 0 Å². The molecule has 1 unspecified atom stereocenters. The molecule has 17 heavy (non-hydrogen) atoms. The van der Waals surface area contributed by atoms with Gasteiger partial charge in [0.25, 0.3) is 0 Å². The van der Waals surface area contributed by atoms with Crippen LogP contribution in [0.3, 0.4) is 0 Å². The van der Waals surface area contributed by atoms with E-state index in [0.717, 1.165) is 5.56 Å². The van der Waals surface area contributed by atoms with E-state index in [9.17, 15) is 4.79 Å². The van der Waals surface area contributed by atoms with Crippen LogP contribution in [0.15, 0.2) is 30.3 Å².